The van der Waals surface area contributed by atoms with Crippen LogP contribution in [0.3, 0.4) is 0 Å². The second-order valence-corrected chi connectivity index (χ2v) is 10.2. The quantitative estimate of drug-likeness (QED) is 0.357. The molecule has 0 saturated heterocycles. The maximum atomic E-state index is 14.1. The number of rotatable bonds is 9. The second-order valence-electron chi connectivity index (χ2n) is 8.43. The van der Waals surface area contributed by atoms with E-state index in [1.807, 2.05) is 48.1 Å². The first-order chi connectivity index (χ1) is 17.7. The zero-order chi connectivity index (χ0) is 26.7. The molecule has 0 unspecified atom stereocenters. The zero-order valence-corrected chi connectivity index (χ0v) is 21.9. The number of aromatic nitrogens is 1. The SMILES string of the molecule is COc1cc(N(C(=O)[C@@H](N)Cc2ccccc2)S(=O)(=O)c2ccc3c(ccn3C)c2)cc(OC)c1OC. The van der Waals surface area contributed by atoms with Crippen molar-refractivity contribution in [2.24, 2.45) is 12.8 Å². The molecule has 4 aromatic rings. The molecule has 0 aliphatic rings. The van der Waals surface area contributed by atoms with Gasteiger partial charge in [0.15, 0.2) is 11.5 Å². The standard InChI is InChI=1S/C27H29N3O6S/c1-29-13-12-19-15-21(10-11-23(19)29)37(32,33)30(27(31)22(28)14-18-8-6-5-7-9-18)20-16-24(34-2)26(36-4)25(17-20)35-3/h5-13,15-17,22H,14,28H2,1-4H3/t22-/m0/s1. The van der Waals surface area contributed by atoms with Gasteiger partial charge in [-0.25, -0.2) is 12.7 Å². The highest BCUT2D eigenvalue weighted by atomic mass is 32.2. The van der Waals surface area contributed by atoms with Crippen LogP contribution in [0, 0.1) is 0 Å². The van der Waals surface area contributed by atoms with Gasteiger partial charge in [-0.05, 0) is 36.2 Å². The van der Waals surface area contributed by atoms with E-state index in [1.54, 1.807) is 12.1 Å². The van der Waals surface area contributed by atoms with Crippen LogP contribution in [0.1, 0.15) is 5.56 Å². The maximum Gasteiger partial charge on any atom is 0.270 e. The molecule has 1 aromatic heterocycles. The van der Waals surface area contributed by atoms with Gasteiger partial charge in [-0.2, -0.15) is 0 Å². The van der Waals surface area contributed by atoms with E-state index in [-0.39, 0.29) is 34.3 Å². The van der Waals surface area contributed by atoms with Gasteiger partial charge in [0.2, 0.25) is 5.75 Å². The van der Waals surface area contributed by atoms with Crippen LogP contribution in [0.2, 0.25) is 0 Å². The van der Waals surface area contributed by atoms with E-state index in [1.165, 1.54) is 45.6 Å². The normalized spacial score (nSPS) is 12.2. The Morgan fingerprint density at radius 3 is 2.19 bits per heavy atom. The Labute approximate surface area is 216 Å². The van der Waals surface area contributed by atoms with E-state index >= 15 is 0 Å². The molecule has 10 heteroatoms. The second kappa shape index (κ2) is 10.5. The van der Waals surface area contributed by atoms with Crippen molar-refractivity contribution in [3.8, 4) is 17.2 Å². The Bertz CT molecular complexity index is 1510. The number of carbonyl (C=O) groups excluding carboxylic acids is 1. The Hall–Kier alpha value is -4.02. The summed E-state index contributed by atoms with van der Waals surface area (Å²) in [5.41, 5.74) is 7.97. The zero-order valence-electron chi connectivity index (χ0n) is 21.0. The number of methoxy groups -OCH3 is 3. The largest absolute Gasteiger partial charge is 0.493 e. The minimum Gasteiger partial charge on any atom is -0.493 e. The van der Waals surface area contributed by atoms with Gasteiger partial charge in [0, 0.05) is 36.3 Å². The van der Waals surface area contributed by atoms with Gasteiger partial charge in [0.05, 0.1) is 38.0 Å². The lowest BCUT2D eigenvalue weighted by Crippen LogP contribution is -2.48. The number of anilines is 1. The van der Waals surface area contributed by atoms with Gasteiger partial charge in [-0.1, -0.05) is 30.3 Å². The number of carbonyl (C=O) groups is 1. The highest BCUT2D eigenvalue weighted by Crippen LogP contribution is 2.42. The molecule has 0 radical (unpaired) electrons. The molecule has 0 fully saturated rings. The summed E-state index contributed by atoms with van der Waals surface area (Å²) in [5.74, 6) is -0.149. The third-order valence-corrected chi connectivity index (χ3v) is 7.82. The highest BCUT2D eigenvalue weighted by molar-refractivity contribution is 7.93. The number of fused-ring (bicyclic) bond motifs is 1. The fourth-order valence-corrected chi connectivity index (χ4v) is 5.68. The molecule has 4 rings (SSSR count). The molecule has 194 valence electrons. The lowest BCUT2D eigenvalue weighted by molar-refractivity contribution is -0.118. The predicted octanol–water partition coefficient (Wildman–Crippen LogP) is 3.50. The van der Waals surface area contributed by atoms with Crippen LogP contribution in [0.15, 0.2) is 77.8 Å². The van der Waals surface area contributed by atoms with Crippen molar-refractivity contribution >= 4 is 32.5 Å². The van der Waals surface area contributed by atoms with Gasteiger partial charge in [0.25, 0.3) is 15.9 Å². The molecule has 0 aliphatic heterocycles. The smallest absolute Gasteiger partial charge is 0.270 e. The van der Waals surface area contributed by atoms with Crippen molar-refractivity contribution in [2.75, 3.05) is 25.6 Å². The number of ether oxygens (including phenoxy) is 3. The average Bonchev–Trinajstić information content (AvgIpc) is 3.28. The fourth-order valence-electron chi connectivity index (χ4n) is 4.20. The average molecular weight is 524 g/mol. The van der Waals surface area contributed by atoms with E-state index in [0.29, 0.717) is 0 Å². The van der Waals surface area contributed by atoms with Crippen molar-refractivity contribution < 1.29 is 27.4 Å². The van der Waals surface area contributed by atoms with E-state index in [0.717, 1.165) is 20.8 Å². The summed E-state index contributed by atoms with van der Waals surface area (Å²) in [6.45, 7) is 0. The number of hydrogen-bond donors (Lipinski definition) is 1. The van der Waals surface area contributed by atoms with Gasteiger partial charge in [0.1, 0.15) is 0 Å². The Kier molecular flexibility index (Phi) is 7.42. The van der Waals surface area contributed by atoms with Crippen molar-refractivity contribution in [3.63, 3.8) is 0 Å². The molecule has 0 aliphatic carbocycles. The molecule has 9 nitrogen and oxygen atoms in total. The van der Waals surface area contributed by atoms with Gasteiger partial charge in [-0.15, -0.1) is 0 Å². The molecule has 0 saturated carbocycles. The minimum absolute atomic E-state index is 0.0103. The first-order valence-electron chi connectivity index (χ1n) is 11.4. The van der Waals surface area contributed by atoms with Crippen LogP contribution in [-0.2, 0) is 28.3 Å². The Morgan fingerprint density at radius 2 is 1.59 bits per heavy atom. The molecular formula is C27H29N3O6S. The van der Waals surface area contributed by atoms with Crippen LogP contribution in [0.4, 0.5) is 5.69 Å². The Balaban J connectivity index is 1.87. The number of nitrogens with zero attached hydrogens (tertiary/aromatic N) is 2. The van der Waals surface area contributed by atoms with Crippen LogP contribution in [-0.4, -0.2) is 46.3 Å². The fraction of sp³-hybridized carbons (Fsp3) is 0.222. The summed E-state index contributed by atoms with van der Waals surface area (Å²) >= 11 is 0. The van der Waals surface area contributed by atoms with Gasteiger partial charge in [-0.3, -0.25) is 4.79 Å². The van der Waals surface area contributed by atoms with E-state index < -0.39 is 22.0 Å². The molecule has 1 heterocycles. The lowest BCUT2D eigenvalue weighted by Gasteiger charge is -2.27. The summed E-state index contributed by atoms with van der Waals surface area (Å²) in [6, 6.07) is 17.4. The first kappa shape index (κ1) is 26.1. The number of amides is 1. The summed E-state index contributed by atoms with van der Waals surface area (Å²) < 4.78 is 46.9. The molecule has 2 N–H and O–H groups in total. The number of aryl methyl sites for hydroxylation is 1. The van der Waals surface area contributed by atoms with Crippen molar-refractivity contribution in [3.05, 3.63) is 78.5 Å². The summed E-state index contributed by atoms with van der Waals surface area (Å²) in [5, 5.41) is 0.717. The van der Waals surface area contributed by atoms with E-state index in [4.69, 9.17) is 19.9 Å². The predicted molar refractivity (Wildman–Crippen MR) is 142 cm³/mol. The van der Waals surface area contributed by atoms with Crippen LogP contribution in [0.5, 0.6) is 17.2 Å². The summed E-state index contributed by atoms with van der Waals surface area (Å²) in [7, 11) is 1.72. The first-order valence-corrected chi connectivity index (χ1v) is 12.9. The molecule has 1 amide bonds. The molecule has 1 atom stereocenters. The van der Waals surface area contributed by atoms with Crippen LogP contribution < -0.4 is 24.2 Å². The maximum absolute atomic E-state index is 14.1. The Morgan fingerprint density at radius 1 is 0.946 bits per heavy atom. The third kappa shape index (κ3) is 4.98. The molecule has 0 bridgehead atoms. The molecule has 3 aromatic carbocycles. The number of benzene rings is 3. The molecule has 37 heavy (non-hydrogen) atoms. The van der Waals surface area contributed by atoms with Gasteiger partial charge < -0.3 is 24.5 Å². The topological polar surface area (TPSA) is 113 Å². The van der Waals surface area contributed by atoms with Crippen molar-refractivity contribution in [1.29, 1.82) is 0 Å². The lowest BCUT2D eigenvalue weighted by atomic mass is 10.1. The van der Waals surface area contributed by atoms with Crippen molar-refractivity contribution in [1.82, 2.24) is 4.57 Å². The highest BCUT2D eigenvalue weighted by Gasteiger charge is 2.36. The van der Waals surface area contributed by atoms with Crippen LogP contribution in [0.25, 0.3) is 10.9 Å². The third-order valence-electron chi connectivity index (χ3n) is 6.09. The van der Waals surface area contributed by atoms with Crippen molar-refractivity contribution in [2.45, 2.75) is 17.4 Å². The van der Waals surface area contributed by atoms with E-state index in [9.17, 15) is 13.2 Å². The minimum atomic E-state index is -4.40. The monoisotopic (exact) mass is 523 g/mol. The molecular weight excluding hydrogens is 494 g/mol. The van der Waals surface area contributed by atoms with Gasteiger partial charge >= 0.3 is 0 Å². The molecule has 0 spiro atoms. The number of sulfonamides is 1. The summed E-state index contributed by atoms with van der Waals surface area (Å²) in [4.78, 5) is 13.7. The van der Waals surface area contributed by atoms with E-state index in [2.05, 4.69) is 0 Å². The van der Waals surface area contributed by atoms with Crippen LogP contribution >= 0.6 is 0 Å². The number of hydrogen-bond acceptors (Lipinski definition) is 7. The number of nitrogens with two attached hydrogens (primary N) is 1. The summed E-state index contributed by atoms with van der Waals surface area (Å²) in [6.07, 6.45) is 1.98.